The van der Waals surface area contributed by atoms with Crippen LogP contribution in [-0.2, 0) is 9.47 Å². The van der Waals surface area contributed by atoms with E-state index in [4.69, 9.17) is 14.5 Å². The molecule has 1 aromatic rings. The van der Waals surface area contributed by atoms with Crippen molar-refractivity contribution in [2.45, 2.75) is 25.4 Å². The molecule has 0 spiro atoms. The number of benzene rings is 1. The molecule has 2 heterocycles. The minimum atomic E-state index is -0.228. The number of rotatable bonds is 5. The van der Waals surface area contributed by atoms with Crippen molar-refractivity contribution in [3.05, 3.63) is 30.1 Å². The minimum Gasteiger partial charge on any atom is -0.381 e. The Hall–Kier alpha value is -1.86. The molecule has 0 aromatic heterocycles. The molecule has 150 valence electrons. The molecular weight excluding hydrogens is 347 g/mol. The first-order valence-electron chi connectivity index (χ1n) is 9.83. The summed E-state index contributed by atoms with van der Waals surface area (Å²) in [6.45, 7) is 8.13. The van der Waals surface area contributed by atoms with Gasteiger partial charge in [-0.1, -0.05) is 12.1 Å². The first kappa shape index (κ1) is 19.9. The Balaban J connectivity index is 1.63. The maximum Gasteiger partial charge on any atom is 0.194 e. The van der Waals surface area contributed by atoms with Crippen LogP contribution in [0.3, 0.4) is 0 Å². The van der Waals surface area contributed by atoms with Crippen molar-refractivity contribution in [3.8, 4) is 0 Å². The fourth-order valence-electron chi connectivity index (χ4n) is 3.68. The van der Waals surface area contributed by atoms with Gasteiger partial charge in [-0.05, 0) is 19.1 Å². The zero-order valence-corrected chi connectivity index (χ0v) is 16.4. The van der Waals surface area contributed by atoms with Gasteiger partial charge in [0.2, 0.25) is 0 Å². The van der Waals surface area contributed by atoms with E-state index >= 15 is 0 Å². The first-order valence-corrected chi connectivity index (χ1v) is 9.83. The van der Waals surface area contributed by atoms with E-state index in [1.54, 1.807) is 13.2 Å². The number of para-hydroxylation sites is 1. The summed E-state index contributed by atoms with van der Waals surface area (Å²) in [5.74, 6) is 0.752. The number of anilines is 1. The number of aliphatic imine (C=N–C) groups is 1. The summed E-state index contributed by atoms with van der Waals surface area (Å²) in [7, 11) is 1.76. The second-order valence-electron chi connectivity index (χ2n) is 7.10. The zero-order valence-electron chi connectivity index (χ0n) is 16.4. The molecule has 6 nitrogen and oxygen atoms in total. The Morgan fingerprint density at radius 2 is 1.93 bits per heavy atom. The van der Waals surface area contributed by atoms with Crippen molar-refractivity contribution in [2.24, 2.45) is 4.99 Å². The van der Waals surface area contributed by atoms with Crippen LogP contribution in [0.1, 0.15) is 19.8 Å². The molecular formula is C20H31FN4O2. The summed E-state index contributed by atoms with van der Waals surface area (Å²) in [6.07, 6.45) is 1.74. The molecule has 2 saturated heterocycles. The van der Waals surface area contributed by atoms with Gasteiger partial charge >= 0.3 is 0 Å². The van der Waals surface area contributed by atoms with Gasteiger partial charge in [-0.15, -0.1) is 0 Å². The molecule has 0 saturated carbocycles. The van der Waals surface area contributed by atoms with Crippen LogP contribution in [0, 0.1) is 5.82 Å². The summed E-state index contributed by atoms with van der Waals surface area (Å²) in [5.41, 5.74) is 0.452. The van der Waals surface area contributed by atoms with Crippen LogP contribution in [0.15, 0.2) is 29.3 Å². The highest BCUT2D eigenvalue weighted by atomic mass is 19.1. The number of ether oxygens (including phenoxy) is 2. The van der Waals surface area contributed by atoms with Crippen molar-refractivity contribution in [3.63, 3.8) is 0 Å². The lowest BCUT2D eigenvalue weighted by atomic mass is 9.94. The van der Waals surface area contributed by atoms with Gasteiger partial charge in [0.1, 0.15) is 5.82 Å². The largest absolute Gasteiger partial charge is 0.381 e. The van der Waals surface area contributed by atoms with Crippen LogP contribution in [0.5, 0.6) is 0 Å². The van der Waals surface area contributed by atoms with E-state index in [9.17, 15) is 4.39 Å². The third kappa shape index (κ3) is 4.90. The van der Waals surface area contributed by atoms with Crippen LogP contribution >= 0.6 is 0 Å². The number of nitrogens with zero attached hydrogens (tertiary/aromatic N) is 3. The van der Waals surface area contributed by atoms with E-state index in [2.05, 4.69) is 22.0 Å². The van der Waals surface area contributed by atoms with Crippen LogP contribution in [0.4, 0.5) is 10.1 Å². The molecule has 0 aliphatic carbocycles. The lowest BCUT2D eigenvalue weighted by molar-refractivity contribution is -0.0829. The van der Waals surface area contributed by atoms with Crippen LogP contribution < -0.4 is 10.2 Å². The van der Waals surface area contributed by atoms with E-state index in [1.165, 1.54) is 6.07 Å². The number of hydrogen-bond acceptors (Lipinski definition) is 4. The number of halogens is 1. The van der Waals surface area contributed by atoms with Gasteiger partial charge in [0, 0.05) is 65.9 Å². The van der Waals surface area contributed by atoms with Gasteiger partial charge in [0.15, 0.2) is 5.96 Å². The Morgan fingerprint density at radius 3 is 2.56 bits per heavy atom. The lowest BCUT2D eigenvalue weighted by Crippen LogP contribution is -2.53. The lowest BCUT2D eigenvalue weighted by Gasteiger charge is -2.39. The molecule has 0 unspecified atom stereocenters. The van der Waals surface area contributed by atoms with Crippen molar-refractivity contribution in [1.82, 2.24) is 10.2 Å². The Labute approximate surface area is 161 Å². The highest BCUT2D eigenvalue weighted by molar-refractivity contribution is 5.80. The van der Waals surface area contributed by atoms with Gasteiger partial charge in [0.25, 0.3) is 0 Å². The quantitative estimate of drug-likeness (QED) is 0.628. The van der Waals surface area contributed by atoms with Crippen LogP contribution in [-0.4, -0.2) is 76.1 Å². The number of hydrogen-bond donors (Lipinski definition) is 1. The SMILES string of the molecule is CCNC(=NCC1(OC)CCOCC1)N1CCN(c2ccccc2F)CC1. The fourth-order valence-corrected chi connectivity index (χ4v) is 3.68. The van der Waals surface area contributed by atoms with Crippen molar-refractivity contribution in [2.75, 3.05) is 64.5 Å². The van der Waals surface area contributed by atoms with Crippen LogP contribution in [0.2, 0.25) is 0 Å². The molecule has 2 aliphatic rings. The topological polar surface area (TPSA) is 49.3 Å². The number of guanidine groups is 1. The fraction of sp³-hybridized carbons (Fsp3) is 0.650. The number of piperazine rings is 1. The highest BCUT2D eigenvalue weighted by Crippen LogP contribution is 2.25. The third-order valence-corrected chi connectivity index (χ3v) is 5.46. The van der Waals surface area contributed by atoms with Gasteiger partial charge in [-0.25, -0.2) is 4.39 Å². The standard InChI is InChI=1S/C20H31FN4O2/c1-3-22-19(23-16-20(26-2)8-14-27-15-9-20)25-12-10-24(11-13-25)18-7-5-4-6-17(18)21/h4-7H,3,8-16H2,1-2H3,(H,22,23). The molecule has 0 atom stereocenters. The molecule has 7 heteroatoms. The second kappa shape index (κ2) is 9.37. The van der Waals surface area contributed by atoms with E-state index in [1.807, 2.05) is 12.1 Å². The zero-order chi connectivity index (χ0) is 19.1. The normalized spacial score (nSPS) is 20.6. The third-order valence-electron chi connectivity index (χ3n) is 5.46. The average molecular weight is 378 g/mol. The molecule has 2 aliphatic heterocycles. The molecule has 0 radical (unpaired) electrons. The summed E-state index contributed by atoms with van der Waals surface area (Å²) < 4.78 is 25.3. The van der Waals surface area contributed by atoms with E-state index in [0.717, 1.165) is 64.7 Å². The Kier molecular flexibility index (Phi) is 6.90. The van der Waals surface area contributed by atoms with Crippen LogP contribution in [0.25, 0.3) is 0 Å². The van der Waals surface area contributed by atoms with Crippen molar-refractivity contribution < 1.29 is 13.9 Å². The molecule has 1 aromatic carbocycles. The summed E-state index contributed by atoms with van der Waals surface area (Å²) in [6, 6.07) is 6.98. The molecule has 0 amide bonds. The predicted octanol–water partition coefficient (Wildman–Crippen LogP) is 2.11. The Morgan fingerprint density at radius 1 is 1.22 bits per heavy atom. The van der Waals surface area contributed by atoms with E-state index < -0.39 is 0 Å². The average Bonchev–Trinajstić information content (AvgIpc) is 2.72. The summed E-state index contributed by atoms with van der Waals surface area (Å²) >= 11 is 0. The van der Waals surface area contributed by atoms with Gasteiger partial charge in [-0.2, -0.15) is 0 Å². The Bertz CT molecular complexity index is 626. The molecule has 3 rings (SSSR count). The molecule has 27 heavy (non-hydrogen) atoms. The van der Waals surface area contributed by atoms with E-state index in [0.29, 0.717) is 12.2 Å². The van der Waals surface area contributed by atoms with Gasteiger partial charge in [-0.3, -0.25) is 4.99 Å². The van der Waals surface area contributed by atoms with Gasteiger partial charge in [0.05, 0.1) is 17.8 Å². The monoisotopic (exact) mass is 378 g/mol. The predicted molar refractivity (Wildman–Crippen MR) is 106 cm³/mol. The number of nitrogens with one attached hydrogen (secondary N) is 1. The van der Waals surface area contributed by atoms with Crippen molar-refractivity contribution in [1.29, 1.82) is 0 Å². The second-order valence-corrected chi connectivity index (χ2v) is 7.10. The minimum absolute atomic E-state index is 0.159. The maximum atomic E-state index is 14.0. The van der Waals surface area contributed by atoms with Crippen molar-refractivity contribution >= 4 is 11.6 Å². The first-order chi connectivity index (χ1) is 13.2. The summed E-state index contributed by atoms with van der Waals surface area (Å²) in [4.78, 5) is 9.23. The number of methoxy groups -OCH3 is 1. The smallest absolute Gasteiger partial charge is 0.194 e. The highest BCUT2D eigenvalue weighted by Gasteiger charge is 2.33. The molecule has 1 N–H and O–H groups in total. The maximum absolute atomic E-state index is 14.0. The van der Waals surface area contributed by atoms with Gasteiger partial charge < -0.3 is 24.6 Å². The molecule has 2 fully saturated rings. The molecule has 0 bridgehead atoms. The summed E-state index contributed by atoms with van der Waals surface area (Å²) in [5, 5.41) is 3.40. The van der Waals surface area contributed by atoms with E-state index in [-0.39, 0.29) is 11.4 Å².